The van der Waals surface area contributed by atoms with Crippen LogP contribution >= 0.6 is 11.8 Å². The second kappa shape index (κ2) is 9.12. The number of hydrogen-bond donors (Lipinski definition) is 1. The van der Waals surface area contributed by atoms with Crippen molar-refractivity contribution in [2.24, 2.45) is 0 Å². The maximum Gasteiger partial charge on any atom is 0.237 e. The fourth-order valence-corrected chi connectivity index (χ4v) is 3.62. The summed E-state index contributed by atoms with van der Waals surface area (Å²) in [5, 5.41) is 3.71. The van der Waals surface area contributed by atoms with E-state index in [-0.39, 0.29) is 11.2 Å². The maximum absolute atomic E-state index is 12.6. The molecule has 1 unspecified atom stereocenters. The number of benzene rings is 1. The third-order valence-corrected chi connectivity index (χ3v) is 5.55. The van der Waals surface area contributed by atoms with Gasteiger partial charge in [-0.1, -0.05) is 25.1 Å². The molecule has 1 amide bonds. The largest absolute Gasteiger partial charge is 0.378 e. The molecule has 0 saturated carbocycles. The van der Waals surface area contributed by atoms with Crippen LogP contribution in [-0.4, -0.2) is 34.8 Å². The van der Waals surface area contributed by atoms with E-state index in [2.05, 4.69) is 28.7 Å². The number of carbonyl (C=O) groups is 1. The van der Waals surface area contributed by atoms with Crippen molar-refractivity contribution < 1.29 is 4.79 Å². The fraction of sp³-hybridized carbons (Fsp3) is 0.500. The van der Waals surface area contributed by atoms with Crippen molar-refractivity contribution in [1.29, 1.82) is 0 Å². The predicted octanol–water partition coefficient (Wildman–Crippen LogP) is 4.49. The molecule has 0 aliphatic heterocycles. The van der Waals surface area contributed by atoms with Gasteiger partial charge in [0.05, 0.1) is 10.9 Å². The molecule has 1 aromatic carbocycles. The first-order valence-electron chi connectivity index (χ1n) is 9.12. The van der Waals surface area contributed by atoms with Gasteiger partial charge in [-0.25, -0.2) is 4.98 Å². The molecule has 0 radical (unpaired) electrons. The van der Waals surface area contributed by atoms with E-state index < -0.39 is 0 Å². The van der Waals surface area contributed by atoms with E-state index in [0.29, 0.717) is 0 Å². The van der Waals surface area contributed by atoms with Gasteiger partial charge in [-0.3, -0.25) is 4.79 Å². The Hall–Kier alpha value is -1.95. The van der Waals surface area contributed by atoms with E-state index in [4.69, 9.17) is 0 Å². The van der Waals surface area contributed by atoms with Gasteiger partial charge in [-0.05, 0) is 51.5 Å². The van der Waals surface area contributed by atoms with Crippen LogP contribution in [0.3, 0.4) is 0 Å². The van der Waals surface area contributed by atoms with Gasteiger partial charge < -0.3 is 14.8 Å². The topological polar surface area (TPSA) is 50.2 Å². The first-order valence-corrected chi connectivity index (χ1v) is 10.00. The van der Waals surface area contributed by atoms with E-state index in [0.717, 1.165) is 41.6 Å². The minimum atomic E-state index is -0.217. The van der Waals surface area contributed by atoms with Gasteiger partial charge in [0.1, 0.15) is 0 Å². The van der Waals surface area contributed by atoms with Crippen LogP contribution in [0.5, 0.6) is 0 Å². The molecule has 1 N–H and O–H groups in total. The summed E-state index contributed by atoms with van der Waals surface area (Å²) in [6, 6.07) is 7.86. The van der Waals surface area contributed by atoms with Gasteiger partial charge in [-0.15, -0.1) is 0 Å². The van der Waals surface area contributed by atoms with E-state index >= 15 is 0 Å². The summed E-state index contributed by atoms with van der Waals surface area (Å²) in [6.45, 7) is 9.19. The third-order valence-electron chi connectivity index (χ3n) is 4.46. The van der Waals surface area contributed by atoms with Crippen molar-refractivity contribution in [2.75, 3.05) is 24.3 Å². The molecule has 142 valence electrons. The zero-order valence-corrected chi connectivity index (χ0v) is 17.5. The fourth-order valence-electron chi connectivity index (χ4n) is 2.59. The maximum atomic E-state index is 12.6. The molecule has 0 aliphatic carbocycles. The van der Waals surface area contributed by atoms with E-state index in [1.165, 1.54) is 17.5 Å². The summed E-state index contributed by atoms with van der Waals surface area (Å²) >= 11 is 1.52. The molecule has 0 bridgehead atoms. The van der Waals surface area contributed by atoms with E-state index in [1.807, 2.05) is 57.1 Å². The highest BCUT2D eigenvalue weighted by atomic mass is 32.2. The van der Waals surface area contributed by atoms with Crippen LogP contribution in [0.25, 0.3) is 0 Å². The van der Waals surface area contributed by atoms with Crippen LogP contribution in [0.4, 0.5) is 11.4 Å². The Balaban J connectivity index is 2.03. The van der Waals surface area contributed by atoms with Gasteiger partial charge >= 0.3 is 0 Å². The molecule has 1 heterocycles. The lowest BCUT2D eigenvalue weighted by Crippen LogP contribution is -2.23. The number of nitrogens with zero attached hydrogens (tertiary/aromatic N) is 3. The number of aromatic nitrogens is 2. The van der Waals surface area contributed by atoms with Crippen molar-refractivity contribution in [2.45, 2.75) is 57.5 Å². The molecule has 0 spiro atoms. The Morgan fingerprint density at radius 3 is 2.50 bits per heavy atom. The lowest BCUT2D eigenvalue weighted by molar-refractivity contribution is -0.115. The Labute approximate surface area is 161 Å². The van der Waals surface area contributed by atoms with Crippen LogP contribution in [0.15, 0.2) is 29.4 Å². The summed E-state index contributed by atoms with van der Waals surface area (Å²) in [5.41, 5.74) is 4.15. The van der Waals surface area contributed by atoms with Crippen molar-refractivity contribution in [3.05, 3.63) is 35.7 Å². The summed E-state index contributed by atoms with van der Waals surface area (Å²) in [6.07, 6.45) is 2.25. The lowest BCUT2D eigenvalue weighted by atomic mass is 10.2. The molecular weight excluding hydrogens is 344 g/mol. The number of thioether (sulfide) groups is 1. The van der Waals surface area contributed by atoms with Gasteiger partial charge in [0.25, 0.3) is 0 Å². The second-order valence-electron chi connectivity index (χ2n) is 6.76. The molecular formula is C20H30N4OS. The molecule has 1 aromatic heterocycles. The van der Waals surface area contributed by atoms with Crippen LogP contribution in [0.1, 0.15) is 38.1 Å². The average Bonchev–Trinajstić information content (AvgIpc) is 2.87. The number of anilines is 2. The van der Waals surface area contributed by atoms with E-state index in [1.54, 1.807) is 0 Å². The number of rotatable bonds is 8. The smallest absolute Gasteiger partial charge is 0.237 e. The highest BCUT2D eigenvalue weighted by Crippen LogP contribution is 2.27. The number of aryl methyl sites for hydroxylation is 1. The number of imidazole rings is 1. The molecule has 1 atom stereocenters. The molecule has 5 nitrogen and oxygen atoms in total. The Kier molecular flexibility index (Phi) is 7.14. The second-order valence-corrected chi connectivity index (χ2v) is 8.07. The molecule has 2 rings (SSSR count). The predicted molar refractivity (Wildman–Crippen MR) is 111 cm³/mol. The first-order chi connectivity index (χ1) is 12.3. The highest BCUT2D eigenvalue weighted by Gasteiger charge is 2.19. The molecule has 26 heavy (non-hydrogen) atoms. The molecule has 2 aromatic rings. The van der Waals surface area contributed by atoms with Crippen molar-refractivity contribution in [3.8, 4) is 0 Å². The molecule has 0 saturated heterocycles. The Morgan fingerprint density at radius 1 is 1.27 bits per heavy atom. The molecule has 0 fully saturated rings. The van der Waals surface area contributed by atoms with Gasteiger partial charge in [0.15, 0.2) is 5.16 Å². The lowest BCUT2D eigenvalue weighted by Gasteiger charge is -2.15. The number of hydrogen-bond acceptors (Lipinski definition) is 4. The summed E-state index contributed by atoms with van der Waals surface area (Å²) in [7, 11) is 3.99. The third kappa shape index (κ3) is 5.04. The normalized spacial score (nSPS) is 12.1. The summed E-state index contributed by atoms with van der Waals surface area (Å²) in [4.78, 5) is 19.3. The van der Waals surface area contributed by atoms with Crippen LogP contribution in [-0.2, 0) is 11.3 Å². The minimum absolute atomic E-state index is 0.00653. The van der Waals surface area contributed by atoms with Gasteiger partial charge in [0.2, 0.25) is 5.91 Å². The quantitative estimate of drug-likeness (QED) is 0.692. The monoisotopic (exact) mass is 374 g/mol. The van der Waals surface area contributed by atoms with Crippen LogP contribution < -0.4 is 10.2 Å². The van der Waals surface area contributed by atoms with Crippen molar-refractivity contribution >= 4 is 29.0 Å². The zero-order valence-electron chi connectivity index (χ0n) is 16.7. The van der Waals surface area contributed by atoms with Crippen molar-refractivity contribution in [3.63, 3.8) is 0 Å². The van der Waals surface area contributed by atoms with Gasteiger partial charge in [-0.2, -0.15) is 0 Å². The first kappa shape index (κ1) is 20.4. The molecule has 0 aliphatic rings. The van der Waals surface area contributed by atoms with Crippen molar-refractivity contribution in [1.82, 2.24) is 9.55 Å². The van der Waals surface area contributed by atoms with Crippen LogP contribution in [0.2, 0.25) is 0 Å². The number of unbranched alkanes of at least 4 members (excludes halogenated alkanes) is 1. The summed E-state index contributed by atoms with van der Waals surface area (Å²) < 4.78 is 2.24. The highest BCUT2D eigenvalue weighted by molar-refractivity contribution is 8.00. The number of nitrogens with one attached hydrogen (secondary N) is 1. The SMILES string of the molecule is CCCCn1c(SC(C)C(=O)Nc2ccc(N(C)C)cc2)nc(C)c1C. The Bertz CT molecular complexity index is 737. The van der Waals surface area contributed by atoms with Gasteiger partial charge in [0, 0.05) is 37.7 Å². The minimum Gasteiger partial charge on any atom is -0.378 e. The number of carbonyl (C=O) groups excluding carboxylic acids is 1. The average molecular weight is 375 g/mol. The Morgan fingerprint density at radius 2 is 1.92 bits per heavy atom. The zero-order chi connectivity index (χ0) is 19.3. The van der Waals surface area contributed by atoms with Crippen LogP contribution in [0, 0.1) is 13.8 Å². The summed E-state index contributed by atoms with van der Waals surface area (Å²) in [5.74, 6) is -0.00653. The molecule has 6 heteroatoms. The van der Waals surface area contributed by atoms with E-state index in [9.17, 15) is 4.79 Å². The standard InChI is InChI=1S/C20H30N4OS/c1-7-8-13-24-15(3)14(2)21-20(24)26-16(4)19(25)22-17-9-11-18(12-10-17)23(5)6/h9-12,16H,7-8,13H2,1-6H3,(H,22,25). The number of amides is 1.